The van der Waals surface area contributed by atoms with Crippen LogP contribution in [0.4, 0.5) is 0 Å². The molecule has 0 aromatic rings. The summed E-state index contributed by atoms with van der Waals surface area (Å²) in [5, 5.41) is 9.51. The highest BCUT2D eigenvalue weighted by molar-refractivity contribution is 5.75. The van der Waals surface area contributed by atoms with Gasteiger partial charge in [-0.25, -0.2) is 0 Å². The third-order valence-electron chi connectivity index (χ3n) is 1.92. The van der Waals surface area contributed by atoms with Gasteiger partial charge in [0.15, 0.2) is 0 Å². The van der Waals surface area contributed by atoms with Crippen molar-refractivity contribution in [2.75, 3.05) is 13.2 Å². The molecule has 2 atom stereocenters. The maximum absolute atomic E-state index is 11.2. The van der Waals surface area contributed by atoms with Crippen molar-refractivity contribution in [3.8, 4) is 0 Å². The standard InChI is InChI=1S/C10H18O5/c1-4-14-9(12)6-8(11)7(3)10(13)15-5-2/h7-8,11H,4-6H2,1-3H3. The second-order valence-electron chi connectivity index (χ2n) is 3.12. The van der Waals surface area contributed by atoms with E-state index >= 15 is 0 Å². The Balaban J connectivity index is 4.02. The van der Waals surface area contributed by atoms with E-state index in [0.717, 1.165) is 0 Å². The number of carbonyl (C=O) groups is 2. The first kappa shape index (κ1) is 13.9. The molecule has 0 aliphatic heterocycles. The normalized spacial score (nSPS) is 14.1. The Morgan fingerprint density at radius 2 is 1.73 bits per heavy atom. The first-order chi connectivity index (χ1) is 7.02. The first-order valence-electron chi connectivity index (χ1n) is 5.03. The molecule has 0 aromatic heterocycles. The van der Waals surface area contributed by atoms with Crippen molar-refractivity contribution in [3.63, 3.8) is 0 Å². The summed E-state index contributed by atoms with van der Waals surface area (Å²) in [5.74, 6) is -1.73. The second kappa shape index (κ2) is 7.23. The number of aliphatic hydroxyl groups is 1. The fourth-order valence-corrected chi connectivity index (χ4v) is 0.998. The molecule has 0 amide bonds. The summed E-state index contributed by atoms with van der Waals surface area (Å²) in [5.41, 5.74) is 0. The van der Waals surface area contributed by atoms with E-state index in [-0.39, 0.29) is 19.6 Å². The lowest BCUT2D eigenvalue weighted by Crippen LogP contribution is -2.30. The smallest absolute Gasteiger partial charge is 0.311 e. The molecule has 0 rings (SSSR count). The molecule has 0 radical (unpaired) electrons. The van der Waals surface area contributed by atoms with Gasteiger partial charge in [0.05, 0.1) is 31.7 Å². The summed E-state index contributed by atoms with van der Waals surface area (Å²) in [6, 6.07) is 0. The van der Waals surface area contributed by atoms with Gasteiger partial charge in [-0.05, 0) is 20.8 Å². The molecular formula is C10H18O5. The zero-order valence-corrected chi connectivity index (χ0v) is 9.36. The number of carbonyl (C=O) groups excluding carboxylic acids is 2. The van der Waals surface area contributed by atoms with Gasteiger partial charge in [-0.2, -0.15) is 0 Å². The van der Waals surface area contributed by atoms with Gasteiger partial charge in [0, 0.05) is 0 Å². The first-order valence-corrected chi connectivity index (χ1v) is 5.03. The van der Waals surface area contributed by atoms with E-state index in [4.69, 9.17) is 4.74 Å². The minimum atomic E-state index is -1.05. The molecule has 0 heterocycles. The van der Waals surface area contributed by atoms with Crippen molar-refractivity contribution in [3.05, 3.63) is 0 Å². The predicted octanol–water partition coefficient (Wildman–Crippen LogP) is 0.500. The molecule has 0 fully saturated rings. The van der Waals surface area contributed by atoms with Crippen LogP contribution in [-0.4, -0.2) is 36.4 Å². The van der Waals surface area contributed by atoms with Crippen molar-refractivity contribution < 1.29 is 24.2 Å². The topological polar surface area (TPSA) is 72.8 Å². The number of esters is 2. The molecule has 0 saturated heterocycles. The van der Waals surface area contributed by atoms with Crippen LogP contribution in [0, 0.1) is 5.92 Å². The van der Waals surface area contributed by atoms with E-state index in [1.807, 2.05) is 0 Å². The maximum atomic E-state index is 11.2. The van der Waals surface area contributed by atoms with Gasteiger partial charge in [0.25, 0.3) is 0 Å². The molecule has 5 nitrogen and oxygen atoms in total. The molecule has 0 aliphatic carbocycles. The van der Waals surface area contributed by atoms with Crippen LogP contribution >= 0.6 is 0 Å². The number of hydrogen-bond donors (Lipinski definition) is 1. The highest BCUT2D eigenvalue weighted by Gasteiger charge is 2.25. The van der Waals surface area contributed by atoms with E-state index in [1.54, 1.807) is 13.8 Å². The van der Waals surface area contributed by atoms with Crippen LogP contribution < -0.4 is 0 Å². The molecule has 88 valence electrons. The number of hydrogen-bond acceptors (Lipinski definition) is 5. The minimum absolute atomic E-state index is 0.187. The van der Waals surface area contributed by atoms with E-state index in [0.29, 0.717) is 0 Å². The highest BCUT2D eigenvalue weighted by atomic mass is 16.5. The largest absolute Gasteiger partial charge is 0.466 e. The fraction of sp³-hybridized carbons (Fsp3) is 0.800. The van der Waals surface area contributed by atoms with Crippen LogP contribution in [0.3, 0.4) is 0 Å². The Bertz CT molecular complexity index is 214. The van der Waals surface area contributed by atoms with E-state index in [9.17, 15) is 14.7 Å². The molecule has 0 spiro atoms. The summed E-state index contributed by atoms with van der Waals surface area (Å²) in [6.45, 7) is 5.40. The van der Waals surface area contributed by atoms with Gasteiger partial charge < -0.3 is 14.6 Å². The quantitative estimate of drug-likeness (QED) is 0.657. The lowest BCUT2D eigenvalue weighted by atomic mass is 10.0. The molecule has 5 heteroatoms. The third kappa shape index (κ3) is 5.37. The summed E-state index contributed by atoms with van der Waals surface area (Å²) in [4.78, 5) is 22.2. The zero-order valence-electron chi connectivity index (χ0n) is 9.36. The Hall–Kier alpha value is -1.10. The summed E-state index contributed by atoms with van der Waals surface area (Å²) in [6.07, 6.45) is -1.24. The van der Waals surface area contributed by atoms with Crippen LogP contribution in [0.5, 0.6) is 0 Å². The summed E-state index contributed by atoms with van der Waals surface area (Å²) >= 11 is 0. The van der Waals surface area contributed by atoms with Gasteiger partial charge in [-0.1, -0.05) is 0 Å². The van der Waals surface area contributed by atoms with Crippen molar-refractivity contribution >= 4 is 11.9 Å². The lowest BCUT2D eigenvalue weighted by Gasteiger charge is -2.16. The molecule has 0 aromatic carbocycles. The number of aliphatic hydroxyl groups excluding tert-OH is 1. The van der Waals surface area contributed by atoms with Crippen LogP contribution in [-0.2, 0) is 19.1 Å². The van der Waals surface area contributed by atoms with E-state index in [1.165, 1.54) is 6.92 Å². The molecule has 15 heavy (non-hydrogen) atoms. The molecule has 0 aliphatic rings. The van der Waals surface area contributed by atoms with Gasteiger partial charge in [-0.3, -0.25) is 9.59 Å². The third-order valence-corrected chi connectivity index (χ3v) is 1.92. The van der Waals surface area contributed by atoms with Crippen molar-refractivity contribution in [2.45, 2.75) is 33.3 Å². The second-order valence-corrected chi connectivity index (χ2v) is 3.12. The van der Waals surface area contributed by atoms with Crippen molar-refractivity contribution in [2.24, 2.45) is 5.92 Å². The average Bonchev–Trinajstić information content (AvgIpc) is 2.17. The molecule has 2 unspecified atom stereocenters. The Morgan fingerprint density at radius 1 is 1.20 bits per heavy atom. The maximum Gasteiger partial charge on any atom is 0.311 e. The minimum Gasteiger partial charge on any atom is -0.466 e. The van der Waals surface area contributed by atoms with Crippen LogP contribution in [0.2, 0.25) is 0 Å². The van der Waals surface area contributed by atoms with Crippen molar-refractivity contribution in [1.82, 2.24) is 0 Å². The lowest BCUT2D eigenvalue weighted by molar-refractivity contribution is -0.154. The molecular weight excluding hydrogens is 200 g/mol. The SMILES string of the molecule is CCOC(=O)CC(O)C(C)C(=O)OCC. The number of rotatable bonds is 6. The summed E-state index contributed by atoms with van der Waals surface area (Å²) in [7, 11) is 0. The molecule has 0 bridgehead atoms. The zero-order chi connectivity index (χ0) is 11.8. The van der Waals surface area contributed by atoms with Crippen LogP contribution in [0.25, 0.3) is 0 Å². The van der Waals surface area contributed by atoms with Gasteiger partial charge >= 0.3 is 11.9 Å². The molecule has 1 N–H and O–H groups in total. The highest BCUT2D eigenvalue weighted by Crippen LogP contribution is 2.10. The van der Waals surface area contributed by atoms with Gasteiger partial charge in [-0.15, -0.1) is 0 Å². The van der Waals surface area contributed by atoms with Gasteiger partial charge in [0.1, 0.15) is 0 Å². The van der Waals surface area contributed by atoms with E-state index < -0.39 is 24.0 Å². The van der Waals surface area contributed by atoms with Crippen LogP contribution in [0.15, 0.2) is 0 Å². The molecule has 0 saturated carbocycles. The predicted molar refractivity (Wildman–Crippen MR) is 53.1 cm³/mol. The summed E-state index contributed by atoms with van der Waals surface area (Å²) < 4.78 is 9.37. The van der Waals surface area contributed by atoms with Crippen molar-refractivity contribution in [1.29, 1.82) is 0 Å². The number of ether oxygens (including phenoxy) is 2. The Morgan fingerprint density at radius 3 is 2.20 bits per heavy atom. The van der Waals surface area contributed by atoms with E-state index in [2.05, 4.69) is 4.74 Å². The monoisotopic (exact) mass is 218 g/mol. The average molecular weight is 218 g/mol. The van der Waals surface area contributed by atoms with Crippen LogP contribution in [0.1, 0.15) is 27.2 Å². The fourth-order valence-electron chi connectivity index (χ4n) is 0.998. The van der Waals surface area contributed by atoms with Gasteiger partial charge in [0.2, 0.25) is 0 Å². The Labute approximate surface area is 89.4 Å². The Kier molecular flexibility index (Phi) is 6.70.